The summed E-state index contributed by atoms with van der Waals surface area (Å²) >= 11 is 2.91. The van der Waals surface area contributed by atoms with Crippen LogP contribution in [0.3, 0.4) is 0 Å². The van der Waals surface area contributed by atoms with E-state index in [2.05, 4.69) is 15.9 Å². The van der Waals surface area contributed by atoms with E-state index in [1.54, 1.807) is 13.0 Å². The second-order valence-corrected chi connectivity index (χ2v) is 3.41. The van der Waals surface area contributed by atoms with Crippen molar-refractivity contribution in [3.63, 3.8) is 0 Å². The zero-order valence-corrected chi connectivity index (χ0v) is 9.47. The number of nitriles is 1. The minimum absolute atomic E-state index is 0.0180. The monoisotopic (exact) mass is 271 g/mol. The van der Waals surface area contributed by atoms with Gasteiger partial charge in [-0.15, -0.1) is 0 Å². The third-order valence-corrected chi connectivity index (χ3v) is 2.48. The van der Waals surface area contributed by atoms with Crippen LogP contribution in [0, 0.1) is 17.1 Å². The lowest BCUT2D eigenvalue weighted by molar-refractivity contribution is 0.0526. The van der Waals surface area contributed by atoms with Gasteiger partial charge in [-0.05, 0) is 35.0 Å². The van der Waals surface area contributed by atoms with Crippen LogP contribution in [0.2, 0.25) is 0 Å². The van der Waals surface area contributed by atoms with E-state index in [0.29, 0.717) is 0 Å². The van der Waals surface area contributed by atoms with Gasteiger partial charge in [0.15, 0.2) is 0 Å². The van der Waals surface area contributed by atoms with Crippen molar-refractivity contribution in [1.29, 1.82) is 5.26 Å². The molecule has 1 aromatic carbocycles. The first-order valence-corrected chi connectivity index (χ1v) is 4.96. The average molecular weight is 272 g/mol. The van der Waals surface area contributed by atoms with E-state index in [1.165, 1.54) is 6.07 Å². The Balaban J connectivity index is 3.26. The minimum atomic E-state index is -0.630. The predicted molar refractivity (Wildman–Crippen MR) is 54.8 cm³/mol. The number of rotatable bonds is 2. The third-order valence-electron chi connectivity index (χ3n) is 1.70. The molecule has 0 aliphatic heterocycles. The van der Waals surface area contributed by atoms with Crippen molar-refractivity contribution in [3.8, 4) is 6.07 Å². The van der Waals surface area contributed by atoms with E-state index in [0.717, 1.165) is 6.07 Å². The Morgan fingerprint density at radius 3 is 2.87 bits per heavy atom. The molecule has 0 aromatic heterocycles. The fraction of sp³-hybridized carbons (Fsp3) is 0.200. The number of esters is 1. The van der Waals surface area contributed by atoms with Gasteiger partial charge in [-0.3, -0.25) is 0 Å². The highest BCUT2D eigenvalue weighted by molar-refractivity contribution is 9.10. The first-order chi connectivity index (χ1) is 7.11. The number of hydrogen-bond acceptors (Lipinski definition) is 3. The highest BCUT2D eigenvalue weighted by Gasteiger charge is 2.17. The first-order valence-electron chi connectivity index (χ1n) is 4.17. The normalized spacial score (nSPS) is 9.47. The molecule has 0 unspecified atom stereocenters. The van der Waals surface area contributed by atoms with Crippen LogP contribution in [0.4, 0.5) is 4.39 Å². The largest absolute Gasteiger partial charge is 0.462 e. The summed E-state index contributed by atoms with van der Waals surface area (Å²) in [7, 11) is 0. The summed E-state index contributed by atoms with van der Waals surface area (Å²) in [4.78, 5) is 11.4. The highest BCUT2D eigenvalue weighted by Crippen LogP contribution is 2.23. The molecule has 0 aliphatic rings. The minimum Gasteiger partial charge on any atom is -0.462 e. The van der Waals surface area contributed by atoms with Gasteiger partial charge in [0.2, 0.25) is 0 Å². The number of hydrogen-bond donors (Lipinski definition) is 0. The summed E-state index contributed by atoms with van der Waals surface area (Å²) in [6.07, 6.45) is 0. The molecular weight excluding hydrogens is 265 g/mol. The van der Waals surface area contributed by atoms with Crippen LogP contribution in [-0.2, 0) is 4.74 Å². The number of carbonyl (C=O) groups is 1. The van der Waals surface area contributed by atoms with Gasteiger partial charge in [-0.1, -0.05) is 0 Å². The smallest absolute Gasteiger partial charge is 0.339 e. The average Bonchev–Trinajstić information content (AvgIpc) is 2.22. The molecule has 0 aliphatic carbocycles. The number of carbonyl (C=O) groups excluding carboxylic acids is 1. The zero-order valence-electron chi connectivity index (χ0n) is 7.88. The predicted octanol–water partition coefficient (Wildman–Crippen LogP) is 2.64. The van der Waals surface area contributed by atoms with Crippen molar-refractivity contribution in [3.05, 3.63) is 33.5 Å². The molecule has 0 amide bonds. The van der Waals surface area contributed by atoms with Crippen molar-refractivity contribution in [2.24, 2.45) is 0 Å². The summed E-state index contributed by atoms with van der Waals surface area (Å²) in [5.41, 5.74) is 0.0149. The lowest BCUT2D eigenvalue weighted by Crippen LogP contribution is -2.07. The van der Waals surface area contributed by atoms with Crippen LogP contribution in [0.15, 0.2) is 16.6 Å². The quantitative estimate of drug-likeness (QED) is 0.777. The van der Waals surface area contributed by atoms with E-state index in [-0.39, 0.29) is 22.2 Å². The van der Waals surface area contributed by atoms with Crippen LogP contribution < -0.4 is 0 Å². The van der Waals surface area contributed by atoms with Crippen molar-refractivity contribution in [2.75, 3.05) is 6.61 Å². The maximum absolute atomic E-state index is 13.0. The van der Waals surface area contributed by atoms with Gasteiger partial charge in [0.1, 0.15) is 11.9 Å². The van der Waals surface area contributed by atoms with E-state index in [4.69, 9.17) is 10.00 Å². The molecule has 0 heterocycles. The Labute approximate surface area is 94.6 Å². The lowest BCUT2D eigenvalue weighted by Gasteiger charge is -2.05. The SMILES string of the molecule is CCOC(=O)c1ccc(F)c(Br)c1C#N. The molecule has 3 nitrogen and oxygen atoms in total. The second kappa shape index (κ2) is 4.89. The third kappa shape index (κ3) is 2.34. The Kier molecular flexibility index (Phi) is 3.81. The van der Waals surface area contributed by atoms with Crippen molar-refractivity contribution < 1.29 is 13.9 Å². The molecule has 78 valence electrons. The highest BCUT2D eigenvalue weighted by atomic mass is 79.9. The van der Waals surface area contributed by atoms with Gasteiger partial charge < -0.3 is 4.74 Å². The molecule has 0 saturated carbocycles. The topological polar surface area (TPSA) is 50.1 Å². The fourth-order valence-corrected chi connectivity index (χ4v) is 1.47. The Morgan fingerprint density at radius 2 is 2.33 bits per heavy atom. The lowest BCUT2D eigenvalue weighted by atomic mass is 10.1. The first kappa shape index (κ1) is 11.7. The van der Waals surface area contributed by atoms with Gasteiger partial charge in [-0.25, -0.2) is 9.18 Å². The Bertz CT molecular complexity index is 440. The second-order valence-electron chi connectivity index (χ2n) is 2.62. The van der Waals surface area contributed by atoms with Crippen LogP contribution in [-0.4, -0.2) is 12.6 Å². The Hall–Kier alpha value is -1.41. The summed E-state index contributed by atoms with van der Waals surface area (Å²) in [5, 5.41) is 8.79. The standard InChI is InChI=1S/C10H7BrFNO2/c1-2-15-10(14)6-3-4-8(12)9(11)7(6)5-13/h3-4H,2H2,1H3. The van der Waals surface area contributed by atoms with Crippen molar-refractivity contribution in [1.82, 2.24) is 0 Å². The molecule has 0 N–H and O–H groups in total. The summed E-state index contributed by atoms with van der Waals surface area (Å²) < 4.78 is 17.8. The summed E-state index contributed by atoms with van der Waals surface area (Å²) in [5.74, 6) is -1.21. The van der Waals surface area contributed by atoms with E-state index >= 15 is 0 Å². The maximum atomic E-state index is 13.0. The van der Waals surface area contributed by atoms with Crippen LogP contribution in [0.25, 0.3) is 0 Å². The molecule has 0 spiro atoms. The molecule has 1 aromatic rings. The van der Waals surface area contributed by atoms with Gasteiger partial charge >= 0.3 is 5.97 Å². The number of halogens is 2. The van der Waals surface area contributed by atoms with Crippen LogP contribution >= 0.6 is 15.9 Å². The molecular formula is C10H7BrFNO2. The summed E-state index contributed by atoms with van der Waals surface area (Å²) in [6, 6.07) is 4.10. The molecule has 15 heavy (non-hydrogen) atoms. The van der Waals surface area contributed by atoms with Gasteiger partial charge in [-0.2, -0.15) is 5.26 Å². The van der Waals surface area contributed by atoms with Gasteiger partial charge in [0, 0.05) is 0 Å². The molecule has 0 fully saturated rings. The molecule has 0 saturated heterocycles. The molecule has 0 bridgehead atoms. The molecule has 0 radical (unpaired) electrons. The van der Waals surface area contributed by atoms with Gasteiger partial charge in [0.25, 0.3) is 0 Å². The maximum Gasteiger partial charge on any atom is 0.339 e. The van der Waals surface area contributed by atoms with E-state index in [1.807, 2.05) is 0 Å². The van der Waals surface area contributed by atoms with Crippen LogP contribution in [0.1, 0.15) is 22.8 Å². The van der Waals surface area contributed by atoms with E-state index in [9.17, 15) is 9.18 Å². The Morgan fingerprint density at radius 1 is 1.67 bits per heavy atom. The van der Waals surface area contributed by atoms with Crippen LogP contribution in [0.5, 0.6) is 0 Å². The summed E-state index contributed by atoms with van der Waals surface area (Å²) in [6.45, 7) is 1.86. The molecule has 1 rings (SSSR count). The number of nitrogens with zero attached hydrogens (tertiary/aromatic N) is 1. The fourth-order valence-electron chi connectivity index (χ4n) is 1.04. The van der Waals surface area contributed by atoms with Crippen molar-refractivity contribution in [2.45, 2.75) is 6.92 Å². The number of ether oxygens (including phenoxy) is 1. The van der Waals surface area contributed by atoms with Gasteiger partial charge in [0.05, 0.1) is 22.2 Å². The number of benzene rings is 1. The van der Waals surface area contributed by atoms with E-state index < -0.39 is 11.8 Å². The van der Waals surface area contributed by atoms with Crippen molar-refractivity contribution >= 4 is 21.9 Å². The molecule has 0 atom stereocenters. The zero-order chi connectivity index (χ0) is 11.4. The molecule has 5 heteroatoms.